The van der Waals surface area contributed by atoms with Gasteiger partial charge in [0.1, 0.15) is 16.9 Å². The van der Waals surface area contributed by atoms with Gasteiger partial charge in [-0.2, -0.15) is 0 Å². The minimum Gasteiger partial charge on any atom is -0.483 e. The number of hydrogen-bond donors (Lipinski definition) is 0. The SMILES string of the molecule is CC(C)=C1CCc2ccc(cc2)[C@@H]2C=C[C@@H](c3cccc(Cc4ccccc4)c3)C[C@H]2CC(=O)O[C@@H]2c3c(ccc4ccc(=O)oc34)O[C@@](C)(C3CCCC3)[C@H]2OC1=O. The topological polar surface area (TPSA) is 92.0 Å². The molecule has 0 saturated heterocycles. The number of rotatable bonds is 4. The van der Waals surface area contributed by atoms with Crippen LogP contribution in [0, 0.1) is 11.8 Å². The summed E-state index contributed by atoms with van der Waals surface area (Å²) in [4.78, 5) is 42.1. The summed E-state index contributed by atoms with van der Waals surface area (Å²) >= 11 is 0. The first-order valence-corrected chi connectivity index (χ1v) is 21.4. The number of ether oxygens (including phenoxy) is 3. The quantitative estimate of drug-likeness (QED) is 0.0775. The number of aryl methyl sites for hydroxylation is 1. The lowest BCUT2D eigenvalue weighted by molar-refractivity contribution is -0.199. The molecule has 1 fully saturated rings. The molecule has 2 bridgehead atoms. The van der Waals surface area contributed by atoms with E-state index < -0.39 is 35.4 Å². The molecule has 1 saturated carbocycles. The van der Waals surface area contributed by atoms with E-state index in [0.29, 0.717) is 35.1 Å². The lowest BCUT2D eigenvalue weighted by atomic mass is 9.72. The molecule has 4 aromatic carbocycles. The average molecular weight is 789 g/mol. The standard InChI is InChI=1S/C52H52O7/c1-32(2)42-24-18-33-16-19-36(20-17-33)43-25-21-39(38-13-9-12-35(29-38)28-34-10-5-4-6-11-34)30-40(43)31-46(54)57-49-47-44(26-22-37-23-27-45(53)56-48(37)47)59-52(3,41-14-7-8-15-41)50(49)58-51(42)55/h4-6,9-13,16-17,19-23,25-27,29,39-41,43,49-50H,7-8,14-15,18,24,28,30-31H2,1-3H3/t39-,40+,43+,49-,50+,52+/m1/s1. The fourth-order valence-corrected chi connectivity index (χ4v) is 10.2. The van der Waals surface area contributed by atoms with Gasteiger partial charge < -0.3 is 18.6 Å². The molecule has 302 valence electrons. The first kappa shape index (κ1) is 38.8. The van der Waals surface area contributed by atoms with Crippen molar-refractivity contribution in [3.05, 3.63) is 170 Å². The summed E-state index contributed by atoms with van der Waals surface area (Å²) in [7, 11) is 0. The van der Waals surface area contributed by atoms with Crippen LogP contribution in [0.3, 0.4) is 0 Å². The van der Waals surface area contributed by atoms with Gasteiger partial charge in [0.25, 0.3) is 0 Å². The minimum atomic E-state index is -1.08. The number of carbonyl (C=O) groups excluding carboxylic acids is 2. The largest absolute Gasteiger partial charge is 0.483 e. The Hall–Kier alpha value is -5.69. The molecule has 1 aromatic heterocycles. The van der Waals surface area contributed by atoms with Crippen LogP contribution in [0.1, 0.15) is 117 Å². The van der Waals surface area contributed by atoms with Crippen LogP contribution in [0.15, 0.2) is 136 Å². The smallest absolute Gasteiger partial charge is 0.336 e. The van der Waals surface area contributed by atoms with Gasteiger partial charge in [0, 0.05) is 41.2 Å². The summed E-state index contributed by atoms with van der Waals surface area (Å²) in [5, 5.41) is 0.660. The third-order valence-electron chi connectivity index (χ3n) is 13.5. The van der Waals surface area contributed by atoms with Gasteiger partial charge in [-0.05, 0) is 111 Å². The molecule has 0 unspecified atom stereocenters. The molecule has 6 atom stereocenters. The number of fused-ring (bicyclic) bond motifs is 11. The normalized spacial score (nSPS) is 26.0. The molecule has 59 heavy (non-hydrogen) atoms. The van der Waals surface area contributed by atoms with Gasteiger partial charge in [0.15, 0.2) is 12.2 Å². The maximum Gasteiger partial charge on any atom is 0.336 e. The Bertz CT molecular complexity index is 2480. The minimum absolute atomic E-state index is 0.0141. The second-order valence-electron chi connectivity index (χ2n) is 17.5. The number of carbonyl (C=O) groups is 2. The van der Waals surface area contributed by atoms with Crippen LogP contribution in [-0.2, 0) is 31.9 Å². The van der Waals surface area contributed by atoms with E-state index in [9.17, 15) is 14.4 Å². The lowest BCUT2D eigenvalue weighted by Gasteiger charge is -2.48. The molecule has 7 nitrogen and oxygen atoms in total. The Balaban J connectivity index is 1.13. The van der Waals surface area contributed by atoms with Gasteiger partial charge in [0.05, 0.1) is 5.56 Å². The zero-order valence-corrected chi connectivity index (χ0v) is 34.2. The molecule has 7 heteroatoms. The van der Waals surface area contributed by atoms with Crippen molar-refractivity contribution < 1.29 is 28.2 Å². The maximum absolute atomic E-state index is 14.8. The van der Waals surface area contributed by atoms with Crippen LogP contribution >= 0.6 is 0 Å². The second-order valence-corrected chi connectivity index (χ2v) is 17.5. The monoisotopic (exact) mass is 788 g/mol. The zero-order valence-electron chi connectivity index (χ0n) is 34.2. The summed E-state index contributed by atoms with van der Waals surface area (Å²) in [6.45, 7) is 5.86. The van der Waals surface area contributed by atoms with Gasteiger partial charge in [-0.15, -0.1) is 0 Å². The van der Waals surface area contributed by atoms with Crippen molar-refractivity contribution in [1.29, 1.82) is 0 Å². The molecule has 5 aromatic rings. The third-order valence-corrected chi connectivity index (χ3v) is 13.5. The van der Waals surface area contributed by atoms with Crippen molar-refractivity contribution in [3.63, 3.8) is 0 Å². The second kappa shape index (κ2) is 16.2. The number of allylic oxidation sites excluding steroid dienone is 3. The highest BCUT2D eigenvalue weighted by Crippen LogP contribution is 2.52. The molecule has 0 spiro atoms. The van der Waals surface area contributed by atoms with E-state index in [1.807, 2.05) is 39.0 Å². The van der Waals surface area contributed by atoms with E-state index in [-0.39, 0.29) is 35.7 Å². The number of esters is 2. The molecule has 0 amide bonds. The predicted molar refractivity (Wildman–Crippen MR) is 228 cm³/mol. The Morgan fingerprint density at radius 3 is 2.31 bits per heavy atom. The van der Waals surface area contributed by atoms with Crippen molar-refractivity contribution in [3.8, 4) is 5.75 Å². The van der Waals surface area contributed by atoms with E-state index in [4.69, 9.17) is 18.6 Å². The maximum atomic E-state index is 14.8. The molecular weight excluding hydrogens is 737 g/mol. The van der Waals surface area contributed by atoms with Crippen LogP contribution in [0.4, 0.5) is 0 Å². The van der Waals surface area contributed by atoms with Crippen molar-refractivity contribution in [1.82, 2.24) is 0 Å². The lowest BCUT2D eigenvalue weighted by Crippen LogP contribution is -2.58. The molecule has 10 rings (SSSR count). The van der Waals surface area contributed by atoms with Crippen LogP contribution in [-0.4, -0.2) is 23.6 Å². The summed E-state index contributed by atoms with van der Waals surface area (Å²) in [6.07, 6.45) is 9.22. The van der Waals surface area contributed by atoms with Gasteiger partial charge in [-0.25, -0.2) is 9.59 Å². The van der Waals surface area contributed by atoms with E-state index in [1.54, 1.807) is 6.07 Å². The summed E-state index contributed by atoms with van der Waals surface area (Å²) in [5.74, 6) is -0.338. The molecule has 3 aliphatic heterocycles. The van der Waals surface area contributed by atoms with Crippen LogP contribution in [0.5, 0.6) is 5.75 Å². The molecular formula is C52H52O7. The van der Waals surface area contributed by atoms with Gasteiger partial charge in [-0.1, -0.05) is 109 Å². The Kier molecular flexibility index (Phi) is 10.6. The number of benzene rings is 4. The number of hydrogen-bond acceptors (Lipinski definition) is 7. The van der Waals surface area contributed by atoms with E-state index in [2.05, 4.69) is 84.9 Å². The van der Waals surface area contributed by atoms with Crippen LogP contribution in [0.2, 0.25) is 0 Å². The highest BCUT2D eigenvalue weighted by Gasteiger charge is 2.57. The highest BCUT2D eigenvalue weighted by atomic mass is 16.6. The molecule has 2 aliphatic carbocycles. The van der Waals surface area contributed by atoms with Gasteiger partial charge in [-0.3, -0.25) is 4.79 Å². The van der Waals surface area contributed by atoms with E-state index >= 15 is 0 Å². The average Bonchev–Trinajstić information content (AvgIpc) is 3.79. The summed E-state index contributed by atoms with van der Waals surface area (Å²) in [6, 6.07) is 34.7. The van der Waals surface area contributed by atoms with Crippen molar-refractivity contribution >= 4 is 22.9 Å². The van der Waals surface area contributed by atoms with Gasteiger partial charge in [0.2, 0.25) is 0 Å². The van der Waals surface area contributed by atoms with Gasteiger partial charge >= 0.3 is 17.6 Å². The Morgan fingerprint density at radius 2 is 1.53 bits per heavy atom. The van der Waals surface area contributed by atoms with Crippen LogP contribution in [0.25, 0.3) is 11.0 Å². The molecule has 0 N–H and O–H groups in total. The third kappa shape index (κ3) is 7.80. The highest BCUT2D eigenvalue weighted by molar-refractivity contribution is 5.90. The molecule has 4 heterocycles. The Labute approximate surface area is 346 Å². The van der Waals surface area contributed by atoms with Crippen LogP contribution < -0.4 is 10.4 Å². The summed E-state index contributed by atoms with van der Waals surface area (Å²) < 4.78 is 26.3. The zero-order chi connectivity index (χ0) is 40.7. The van der Waals surface area contributed by atoms with E-state index in [0.717, 1.165) is 55.2 Å². The first-order valence-electron chi connectivity index (χ1n) is 21.4. The molecule has 0 radical (unpaired) electrons. The van der Waals surface area contributed by atoms with Crippen molar-refractivity contribution in [2.75, 3.05) is 0 Å². The fourth-order valence-electron chi connectivity index (χ4n) is 10.2. The summed E-state index contributed by atoms with van der Waals surface area (Å²) in [5.41, 5.74) is 6.59. The Morgan fingerprint density at radius 1 is 0.763 bits per heavy atom. The predicted octanol–water partition coefficient (Wildman–Crippen LogP) is 11.0. The van der Waals surface area contributed by atoms with Crippen molar-refractivity contribution in [2.24, 2.45) is 11.8 Å². The molecule has 5 aliphatic rings. The van der Waals surface area contributed by atoms with Crippen molar-refractivity contribution in [2.45, 2.75) is 108 Å². The van der Waals surface area contributed by atoms with E-state index in [1.165, 1.54) is 22.8 Å². The fraction of sp³-hybridized carbons (Fsp3) is 0.365. The first-order chi connectivity index (χ1) is 28.6.